The first-order valence-corrected chi connectivity index (χ1v) is 7.38. The highest BCUT2D eigenvalue weighted by atomic mass is 16.5. The highest BCUT2D eigenvalue weighted by molar-refractivity contribution is 5.78. The molecule has 1 rings (SSSR count). The van der Waals surface area contributed by atoms with Crippen molar-refractivity contribution in [3.63, 3.8) is 0 Å². The number of carboxylic acid groups (broad SMARTS) is 2. The number of aliphatic carboxylic acids is 2. The smallest absolute Gasteiger partial charge is 0.413 e. The van der Waals surface area contributed by atoms with E-state index in [1.165, 1.54) is 32.1 Å². The average molecular weight is 327 g/mol. The summed E-state index contributed by atoms with van der Waals surface area (Å²) in [5.74, 6) is -2.41. The molecule has 130 valence electrons. The van der Waals surface area contributed by atoms with Crippen molar-refractivity contribution in [2.24, 2.45) is 16.7 Å². The van der Waals surface area contributed by atoms with Gasteiger partial charge in [-0.25, -0.2) is 4.79 Å². The van der Waals surface area contributed by atoms with Crippen molar-refractivity contribution in [3.05, 3.63) is 11.8 Å². The van der Waals surface area contributed by atoms with Gasteiger partial charge in [0.1, 0.15) is 0 Å². The van der Waals surface area contributed by atoms with Gasteiger partial charge in [0.15, 0.2) is 0 Å². The average Bonchev–Trinajstić information content (AvgIpc) is 2.45. The Balaban J connectivity index is 3.40. The molecule has 0 aliphatic carbocycles. The van der Waals surface area contributed by atoms with Crippen LogP contribution in [0.1, 0.15) is 41.0 Å². The third-order valence-corrected chi connectivity index (χ3v) is 4.88. The normalized spacial score (nSPS) is 22.3. The van der Waals surface area contributed by atoms with Gasteiger partial charge in [-0.15, -0.1) is 0 Å². The van der Waals surface area contributed by atoms with E-state index in [1.54, 1.807) is 20.8 Å². The Hall–Kier alpha value is -2.05. The van der Waals surface area contributed by atoms with Crippen molar-refractivity contribution in [1.82, 2.24) is 4.90 Å². The lowest BCUT2D eigenvalue weighted by Crippen LogP contribution is -2.54. The summed E-state index contributed by atoms with van der Waals surface area (Å²) in [4.78, 5) is 36.5. The van der Waals surface area contributed by atoms with E-state index in [0.29, 0.717) is 5.57 Å². The quantitative estimate of drug-likeness (QED) is 0.822. The fraction of sp³-hybridized carbons (Fsp3) is 0.688. The standard InChI is InChI=1S/C16H25NO6/c1-9-8-17(14(22)23-6)11(16(4,5)13(20)21)7-10(9)15(2,3)12(18)19/h8,10-11H,7H2,1-6H3,(H,18,19)(H,20,21)/t10-,11+/m0/s1. The highest BCUT2D eigenvalue weighted by Crippen LogP contribution is 2.44. The maximum atomic E-state index is 12.0. The Labute approximate surface area is 135 Å². The summed E-state index contributed by atoms with van der Waals surface area (Å²) in [5.41, 5.74) is -1.62. The third kappa shape index (κ3) is 3.33. The number of carboxylic acids is 2. The van der Waals surface area contributed by atoms with Gasteiger partial charge < -0.3 is 14.9 Å². The first-order chi connectivity index (χ1) is 10.4. The number of nitrogens with zero attached hydrogens (tertiary/aromatic N) is 1. The molecule has 1 aliphatic heterocycles. The van der Waals surface area contributed by atoms with Crippen molar-refractivity contribution in [1.29, 1.82) is 0 Å². The van der Waals surface area contributed by atoms with Gasteiger partial charge in [-0.05, 0) is 47.0 Å². The van der Waals surface area contributed by atoms with Crippen LogP contribution in [0.25, 0.3) is 0 Å². The SMILES string of the molecule is COC(=O)N1C=C(C)[C@@H](C(C)(C)C(=O)O)C[C@@H]1C(C)(C)C(=O)O. The number of hydrogen-bond acceptors (Lipinski definition) is 4. The van der Waals surface area contributed by atoms with Crippen LogP contribution >= 0.6 is 0 Å². The Morgan fingerprint density at radius 3 is 2.00 bits per heavy atom. The van der Waals surface area contributed by atoms with Crippen LogP contribution in [-0.2, 0) is 14.3 Å². The molecular weight excluding hydrogens is 302 g/mol. The molecule has 0 unspecified atom stereocenters. The molecular formula is C16H25NO6. The summed E-state index contributed by atoms with van der Waals surface area (Å²) in [6.45, 7) is 8.01. The van der Waals surface area contributed by atoms with Gasteiger partial charge in [-0.3, -0.25) is 14.5 Å². The molecule has 0 aromatic rings. The number of ether oxygens (including phenoxy) is 1. The lowest BCUT2D eigenvalue weighted by atomic mass is 9.66. The van der Waals surface area contributed by atoms with Gasteiger partial charge in [0.05, 0.1) is 24.0 Å². The summed E-state index contributed by atoms with van der Waals surface area (Å²) in [6.07, 6.45) is 1.09. The Bertz CT molecular complexity index is 549. The fourth-order valence-corrected chi connectivity index (χ4v) is 3.01. The van der Waals surface area contributed by atoms with E-state index in [1.807, 2.05) is 0 Å². The van der Waals surface area contributed by atoms with Crippen LogP contribution in [0, 0.1) is 16.7 Å². The van der Waals surface area contributed by atoms with Gasteiger partial charge in [0.25, 0.3) is 0 Å². The van der Waals surface area contributed by atoms with E-state index in [9.17, 15) is 24.6 Å². The van der Waals surface area contributed by atoms with Gasteiger partial charge in [-0.2, -0.15) is 0 Å². The van der Waals surface area contributed by atoms with Crippen LogP contribution in [0.5, 0.6) is 0 Å². The number of rotatable bonds is 4. The van der Waals surface area contributed by atoms with Crippen LogP contribution < -0.4 is 0 Å². The molecule has 0 radical (unpaired) electrons. The Kier molecular flexibility index (Phi) is 5.13. The highest BCUT2D eigenvalue weighted by Gasteiger charge is 2.49. The van der Waals surface area contributed by atoms with Crippen molar-refractivity contribution >= 4 is 18.0 Å². The second-order valence-corrected chi connectivity index (χ2v) is 7.11. The summed E-state index contributed by atoms with van der Waals surface area (Å²) in [7, 11) is 1.23. The molecule has 1 heterocycles. The number of carbonyl (C=O) groups is 3. The zero-order valence-corrected chi connectivity index (χ0v) is 14.4. The molecule has 2 atom stereocenters. The van der Waals surface area contributed by atoms with Crippen molar-refractivity contribution in [2.75, 3.05) is 7.11 Å². The van der Waals surface area contributed by atoms with E-state index in [-0.39, 0.29) is 12.3 Å². The predicted molar refractivity (Wildman–Crippen MR) is 82.7 cm³/mol. The van der Waals surface area contributed by atoms with E-state index in [4.69, 9.17) is 4.74 Å². The third-order valence-electron chi connectivity index (χ3n) is 4.88. The Morgan fingerprint density at radius 2 is 1.61 bits per heavy atom. The fourth-order valence-electron chi connectivity index (χ4n) is 3.01. The van der Waals surface area contributed by atoms with E-state index < -0.39 is 34.9 Å². The molecule has 1 aliphatic rings. The molecule has 0 aromatic heterocycles. The van der Waals surface area contributed by atoms with E-state index in [2.05, 4.69) is 0 Å². The summed E-state index contributed by atoms with van der Waals surface area (Å²) in [6, 6.07) is -0.709. The Morgan fingerprint density at radius 1 is 1.13 bits per heavy atom. The maximum absolute atomic E-state index is 12.0. The minimum Gasteiger partial charge on any atom is -0.481 e. The van der Waals surface area contributed by atoms with Crippen LogP contribution in [0.3, 0.4) is 0 Å². The number of methoxy groups -OCH3 is 1. The van der Waals surface area contributed by atoms with Crippen molar-refractivity contribution in [3.8, 4) is 0 Å². The molecule has 0 saturated heterocycles. The second kappa shape index (κ2) is 6.22. The molecule has 0 saturated carbocycles. The maximum Gasteiger partial charge on any atom is 0.413 e. The zero-order chi connectivity index (χ0) is 18.2. The number of hydrogen-bond donors (Lipinski definition) is 2. The van der Waals surface area contributed by atoms with Crippen LogP contribution in [0.2, 0.25) is 0 Å². The van der Waals surface area contributed by atoms with Gasteiger partial charge in [-0.1, -0.05) is 5.57 Å². The van der Waals surface area contributed by atoms with Gasteiger partial charge in [0.2, 0.25) is 0 Å². The lowest BCUT2D eigenvalue weighted by molar-refractivity contribution is -0.152. The molecule has 23 heavy (non-hydrogen) atoms. The molecule has 0 fully saturated rings. The minimum atomic E-state index is -1.25. The molecule has 0 bridgehead atoms. The number of allylic oxidation sites excluding steroid dienone is 1. The lowest BCUT2D eigenvalue weighted by Gasteiger charge is -2.45. The molecule has 0 aromatic carbocycles. The zero-order valence-electron chi connectivity index (χ0n) is 14.4. The van der Waals surface area contributed by atoms with Gasteiger partial charge in [0, 0.05) is 6.20 Å². The number of amides is 1. The van der Waals surface area contributed by atoms with Crippen molar-refractivity contribution in [2.45, 2.75) is 47.1 Å². The minimum absolute atomic E-state index is 0.232. The first-order valence-electron chi connectivity index (χ1n) is 7.38. The van der Waals surface area contributed by atoms with E-state index in [0.717, 1.165) is 0 Å². The molecule has 7 heteroatoms. The van der Waals surface area contributed by atoms with Crippen LogP contribution in [0.4, 0.5) is 4.79 Å². The second-order valence-electron chi connectivity index (χ2n) is 7.11. The summed E-state index contributed by atoms with van der Waals surface area (Å²) < 4.78 is 4.74. The molecule has 7 nitrogen and oxygen atoms in total. The largest absolute Gasteiger partial charge is 0.481 e. The molecule has 2 N–H and O–H groups in total. The summed E-state index contributed by atoms with van der Waals surface area (Å²) >= 11 is 0. The van der Waals surface area contributed by atoms with E-state index >= 15 is 0 Å². The van der Waals surface area contributed by atoms with Crippen LogP contribution in [0.15, 0.2) is 11.8 Å². The predicted octanol–water partition coefficient (Wildman–Crippen LogP) is 2.57. The first kappa shape index (κ1) is 19.0. The monoisotopic (exact) mass is 327 g/mol. The number of carbonyl (C=O) groups excluding carboxylic acids is 1. The van der Waals surface area contributed by atoms with Crippen molar-refractivity contribution < 1.29 is 29.3 Å². The summed E-state index contributed by atoms with van der Waals surface area (Å²) in [5, 5.41) is 19.0. The van der Waals surface area contributed by atoms with Gasteiger partial charge >= 0.3 is 18.0 Å². The molecule has 0 spiro atoms. The molecule has 1 amide bonds. The van der Waals surface area contributed by atoms with Crippen LogP contribution in [-0.4, -0.2) is 46.3 Å². The topological polar surface area (TPSA) is 104 Å².